The molecular weight excluding hydrogens is 505 g/mol. The van der Waals surface area contributed by atoms with E-state index in [9.17, 15) is 14.0 Å². The number of rotatable bonds is 8. The van der Waals surface area contributed by atoms with Gasteiger partial charge in [0.15, 0.2) is 0 Å². The molecule has 3 aromatic carbocycles. The zero-order chi connectivity index (χ0) is 26.3. The first-order valence-electron chi connectivity index (χ1n) is 12.2. The zero-order valence-corrected chi connectivity index (χ0v) is 21.4. The lowest BCUT2D eigenvalue weighted by Crippen LogP contribution is -2.48. The van der Waals surface area contributed by atoms with Crippen LogP contribution in [0, 0.1) is 5.82 Å². The summed E-state index contributed by atoms with van der Waals surface area (Å²) in [4.78, 5) is 29.0. The van der Waals surface area contributed by atoms with Gasteiger partial charge >= 0.3 is 0 Å². The second kappa shape index (κ2) is 11.9. The quantitative estimate of drug-likeness (QED) is 0.335. The maximum absolute atomic E-state index is 13.1. The Labute approximate surface area is 223 Å². The average molecular weight is 532 g/mol. The summed E-state index contributed by atoms with van der Waals surface area (Å²) < 4.78 is 18.8. The highest BCUT2D eigenvalue weighted by Gasteiger charge is 2.22. The molecule has 1 aliphatic rings. The lowest BCUT2D eigenvalue weighted by Gasteiger charge is -2.36. The van der Waals surface area contributed by atoms with Gasteiger partial charge in [-0.05, 0) is 54.1 Å². The highest BCUT2D eigenvalue weighted by Crippen LogP contribution is 2.22. The Balaban J connectivity index is 1.06. The maximum atomic E-state index is 13.1. The van der Waals surface area contributed by atoms with Crippen LogP contribution in [0.4, 0.5) is 15.8 Å². The van der Waals surface area contributed by atoms with Crippen molar-refractivity contribution in [2.24, 2.45) is 0 Å². The van der Waals surface area contributed by atoms with Crippen molar-refractivity contribution in [3.8, 4) is 0 Å². The molecule has 1 saturated heterocycles. The predicted octanol–water partition coefficient (Wildman–Crippen LogP) is 4.49. The third-order valence-corrected chi connectivity index (χ3v) is 6.97. The van der Waals surface area contributed by atoms with Gasteiger partial charge in [-0.25, -0.2) is 4.39 Å². The molecule has 2 amide bonds. The van der Waals surface area contributed by atoms with Gasteiger partial charge in [0.1, 0.15) is 5.82 Å². The number of aromatic nitrogens is 2. The van der Waals surface area contributed by atoms with E-state index in [0.29, 0.717) is 55.0 Å². The highest BCUT2D eigenvalue weighted by atomic mass is 32.2. The summed E-state index contributed by atoms with van der Waals surface area (Å²) in [6.45, 7) is 2.53. The smallest absolute Gasteiger partial charge is 0.277 e. The standard InChI is InChI=1S/C28H26FN5O3S/c29-22-8-6-21(7-9-22)27(36)34-16-14-33(15-17-34)24-12-10-23(11-13-24)30-25(35)19-38-28-32-31-26(37-28)18-20-4-2-1-3-5-20/h1-13H,14-19H2,(H,30,35). The first-order chi connectivity index (χ1) is 18.5. The van der Waals surface area contributed by atoms with Gasteiger partial charge in [0.2, 0.25) is 11.8 Å². The fraction of sp³-hybridized carbons (Fsp3) is 0.214. The minimum absolute atomic E-state index is 0.0893. The van der Waals surface area contributed by atoms with Crippen LogP contribution in [0.1, 0.15) is 21.8 Å². The summed E-state index contributed by atoms with van der Waals surface area (Å²) in [6, 6.07) is 23.1. The van der Waals surface area contributed by atoms with Crippen LogP contribution in [0.2, 0.25) is 0 Å². The summed E-state index contributed by atoms with van der Waals surface area (Å²) in [5, 5.41) is 11.3. The first-order valence-corrected chi connectivity index (χ1v) is 13.2. The van der Waals surface area contributed by atoms with E-state index in [-0.39, 0.29) is 23.4 Å². The molecular formula is C28H26FN5O3S. The van der Waals surface area contributed by atoms with Gasteiger partial charge in [0, 0.05) is 43.1 Å². The third-order valence-electron chi connectivity index (χ3n) is 6.15. The van der Waals surface area contributed by atoms with E-state index < -0.39 is 0 Å². The lowest BCUT2D eigenvalue weighted by atomic mass is 10.1. The van der Waals surface area contributed by atoms with E-state index in [1.54, 1.807) is 4.90 Å². The van der Waals surface area contributed by atoms with Gasteiger partial charge < -0.3 is 19.5 Å². The van der Waals surface area contributed by atoms with Crippen LogP contribution in [0.3, 0.4) is 0 Å². The summed E-state index contributed by atoms with van der Waals surface area (Å²) in [6.07, 6.45) is 0.548. The van der Waals surface area contributed by atoms with Crippen LogP contribution in [0.25, 0.3) is 0 Å². The SMILES string of the molecule is O=C(CSc1nnc(Cc2ccccc2)o1)Nc1ccc(N2CCN(C(=O)c3ccc(F)cc3)CC2)cc1. The highest BCUT2D eigenvalue weighted by molar-refractivity contribution is 7.99. The predicted molar refractivity (Wildman–Crippen MR) is 144 cm³/mol. The Kier molecular flexibility index (Phi) is 7.98. The molecule has 1 aromatic heterocycles. The Hall–Kier alpha value is -4.18. The summed E-state index contributed by atoms with van der Waals surface area (Å²) in [5.74, 6) is 0.0470. The monoisotopic (exact) mass is 531 g/mol. The lowest BCUT2D eigenvalue weighted by molar-refractivity contribution is -0.113. The molecule has 5 rings (SSSR count). The van der Waals surface area contributed by atoms with Crippen molar-refractivity contribution in [1.82, 2.24) is 15.1 Å². The minimum atomic E-state index is -0.357. The van der Waals surface area contributed by atoms with Crippen LogP contribution in [0.15, 0.2) is 88.5 Å². The minimum Gasteiger partial charge on any atom is -0.416 e. The molecule has 0 unspecified atom stereocenters. The number of nitrogens with one attached hydrogen (secondary N) is 1. The number of hydrogen-bond donors (Lipinski definition) is 1. The molecule has 1 N–H and O–H groups in total. The number of hydrogen-bond acceptors (Lipinski definition) is 7. The number of carbonyl (C=O) groups excluding carboxylic acids is 2. The molecule has 1 fully saturated rings. The van der Waals surface area contributed by atoms with E-state index in [0.717, 1.165) is 11.3 Å². The number of piperazine rings is 1. The van der Waals surface area contributed by atoms with Crippen molar-refractivity contribution in [3.05, 3.63) is 102 Å². The fourth-order valence-corrected chi connectivity index (χ4v) is 4.74. The Morgan fingerprint density at radius 1 is 0.895 bits per heavy atom. The average Bonchev–Trinajstić information content (AvgIpc) is 3.40. The zero-order valence-electron chi connectivity index (χ0n) is 20.5. The number of nitrogens with zero attached hydrogens (tertiary/aromatic N) is 4. The van der Waals surface area contributed by atoms with Gasteiger partial charge in [-0.15, -0.1) is 10.2 Å². The van der Waals surface area contributed by atoms with E-state index in [1.165, 1.54) is 36.0 Å². The van der Waals surface area contributed by atoms with Crippen molar-refractivity contribution < 1.29 is 18.4 Å². The second-order valence-electron chi connectivity index (χ2n) is 8.79. The van der Waals surface area contributed by atoms with Crippen molar-refractivity contribution in [2.45, 2.75) is 11.6 Å². The van der Waals surface area contributed by atoms with Crippen molar-refractivity contribution in [2.75, 3.05) is 42.1 Å². The van der Waals surface area contributed by atoms with E-state index in [1.807, 2.05) is 54.6 Å². The van der Waals surface area contributed by atoms with Crippen LogP contribution in [0.5, 0.6) is 0 Å². The van der Waals surface area contributed by atoms with Crippen LogP contribution in [-0.2, 0) is 11.2 Å². The molecule has 0 radical (unpaired) electrons. The summed E-state index contributed by atoms with van der Waals surface area (Å²) in [5.41, 5.74) is 3.28. The molecule has 0 saturated carbocycles. The Bertz CT molecular complexity index is 1370. The largest absolute Gasteiger partial charge is 0.416 e. The van der Waals surface area contributed by atoms with Crippen LogP contribution < -0.4 is 10.2 Å². The van der Waals surface area contributed by atoms with Crippen molar-refractivity contribution in [1.29, 1.82) is 0 Å². The van der Waals surface area contributed by atoms with Gasteiger partial charge in [0.25, 0.3) is 11.1 Å². The number of anilines is 2. The van der Waals surface area contributed by atoms with Gasteiger partial charge in [-0.3, -0.25) is 9.59 Å². The number of halogens is 1. The fourth-order valence-electron chi connectivity index (χ4n) is 4.16. The van der Waals surface area contributed by atoms with Crippen molar-refractivity contribution >= 4 is 35.0 Å². The molecule has 4 aromatic rings. The van der Waals surface area contributed by atoms with Gasteiger partial charge in [-0.1, -0.05) is 42.1 Å². The third kappa shape index (κ3) is 6.57. The normalized spacial score (nSPS) is 13.4. The summed E-state index contributed by atoms with van der Waals surface area (Å²) >= 11 is 1.20. The molecule has 10 heteroatoms. The van der Waals surface area contributed by atoms with E-state index in [4.69, 9.17) is 4.42 Å². The van der Waals surface area contributed by atoms with Crippen molar-refractivity contribution in [3.63, 3.8) is 0 Å². The first kappa shape index (κ1) is 25.5. The molecule has 0 atom stereocenters. The maximum Gasteiger partial charge on any atom is 0.277 e. The van der Waals surface area contributed by atoms with Gasteiger partial charge in [0.05, 0.1) is 12.2 Å². The Morgan fingerprint density at radius 3 is 2.32 bits per heavy atom. The number of benzene rings is 3. The molecule has 8 nitrogen and oxygen atoms in total. The molecule has 0 bridgehead atoms. The van der Waals surface area contributed by atoms with E-state index >= 15 is 0 Å². The molecule has 0 aliphatic carbocycles. The molecule has 0 spiro atoms. The van der Waals surface area contributed by atoms with E-state index in [2.05, 4.69) is 20.4 Å². The number of amides is 2. The molecule has 194 valence electrons. The van der Waals surface area contributed by atoms with Crippen LogP contribution >= 0.6 is 11.8 Å². The molecule has 1 aliphatic heterocycles. The number of carbonyl (C=O) groups is 2. The molecule has 2 heterocycles. The molecule has 38 heavy (non-hydrogen) atoms. The van der Waals surface area contributed by atoms with Crippen LogP contribution in [-0.4, -0.2) is 58.8 Å². The Morgan fingerprint density at radius 2 is 1.61 bits per heavy atom. The van der Waals surface area contributed by atoms with Gasteiger partial charge in [-0.2, -0.15) is 0 Å². The topological polar surface area (TPSA) is 91.6 Å². The second-order valence-corrected chi connectivity index (χ2v) is 9.72. The number of thioether (sulfide) groups is 1. The summed E-state index contributed by atoms with van der Waals surface area (Å²) in [7, 11) is 0.